The maximum Gasteiger partial charge on any atom is 0.135 e. The van der Waals surface area contributed by atoms with Crippen LogP contribution in [0, 0.1) is 23.2 Å². The number of benzene rings is 1. The van der Waals surface area contributed by atoms with Crippen LogP contribution in [-0.2, 0) is 6.42 Å². The molecule has 0 radical (unpaired) electrons. The Labute approximate surface area is 115 Å². The third-order valence-corrected chi connectivity index (χ3v) is 3.30. The third kappa shape index (κ3) is 2.71. The van der Waals surface area contributed by atoms with Gasteiger partial charge in [0.1, 0.15) is 22.1 Å². The molecule has 0 atom stereocenters. The molecule has 0 aliphatic carbocycles. The van der Waals surface area contributed by atoms with Crippen molar-refractivity contribution < 1.29 is 8.78 Å². The van der Waals surface area contributed by atoms with Crippen molar-refractivity contribution in [2.75, 3.05) is 0 Å². The van der Waals surface area contributed by atoms with E-state index in [4.69, 9.17) is 12.2 Å². The van der Waals surface area contributed by atoms with E-state index in [1.54, 1.807) is 6.92 Å². The summed E-state index contributed by atoms with van der Waals surface area (Å²) in [6.45, 7) is 3.71. The van der Waals surface area contributed by atoms with Crippen molar-refractivity contribution in [1.29, 1.82) is 0 Å². The van der Waals surface area contributed by atoms with Crippen LogP contribution >= 0.6 is 12.2 Å². The summed E-state index contributed by atoms with van der Waals surface area (Å²) < 4.78 is 28.1. The fraction of sp³-hybridized carbons (Fsp3) is 0.286. The SMILES string of the molecule is CCCc1nc(=S)c(C)c(-c2c(F)cccc2F)[nH]1. The molecule has 1 N–H and O–H groups in total. The standard InChI is InChI=1S/C14H14F2N2S/c1-3-5-11-17-13(8(2)14(19)18-11)12-9(15)6-4-7-10(12)16/h4,6-7H,3,5H2,1-2H3,(H,17,18,19). The molecule has 1 aromatic heterocycles. The second kappa shape index (κ2) is 5.57. The highest BCUT2D eigenvalue weighted by atomic mass is 32.1. The molecular weight excluding hydrogens is 266 g/mol. The number of nitrogens with zero attached hydrogens (tertiary/aromatic N) is 1. The number of aromatic nitrogens is 2. The molecule has 1 aromatic carbocycles. The number of rotatable bonds is 3. The van der Waals surface area contributed by atoms with Crippen molar-refractivity contribution in [3.8, 4) is 11.3 Å². The van der Waals surface area contributed by atoms with Gasteiger partial charge in [-0.15, -0.1) is 0 Å². The van der Waals surface area contributed by atoms with Gasteiger partial charge in [0.25, 0.3) is 0 Å². The van der Waals surface area contributed by atoms with Crippen molar-refractivity contribution in [1.82, 2.24) is 9.97 Å². The molecular formula is C14H14F2N2S. The first-order valence-corrected chi connectivity index (χ1v) is 6.49. The lowest BCUT2D eigenvalue weighted by atomic mass is 10.1. The molecule has 0 saturated heterocycles. The molecule has 0 bridgehead atoms. The molecule has 5 heteroatoms. The number of nitrogens with one attached hydrogen (secondary N) is 1. The van der Waals surface area contributed by atoms with Crippen LogP contribution in [-0.4, -0.2) is 9.97 Å². The van der Waals surface area contributed by atoms with Gasteiger partial charge < -0.3 is 4.98 Å². The smallest absolute Gasteiger partial charge is 0.135 e. The second-order valence-electron chi connectivity index (χ2n) is 4.34. The van der Waals surface area contributed by atoms with Crippen LogP contribution < -0.4 is 0 Å². The Hall–Kier alpha value is -1.62. The predicted molar refractivity (Wildman–Crippen MR) is 73.5 cm³/mol. The molecule has 19 heavy (non-hydrogen) atoms. The Kier molecular flexibility index (Phi) is 4.04. The molecule has 0 aliphatic rings. The monoisotopic (exact) mass is 280 g/mol. The summed E-state index contributed by atoms with van der Waals surface area (Å²) in [5.41, 5.74) is 0.878. The van der Waals surface area contributed by atoms with Crippen molar-refractivity contribution in [3.05, 3.63) is 45.9 Å². The zero-order valence-corrected chi connectivity index (χ0v) is 11.6. The average Bonchev–Trinajstić information content (AvgIpc) is 2.35. The third-order valence-electron chi connectivity index (χ3n) is 2.90. The van der Waals surface area contributed by atoms with Crippen molar-refractivity contribution >= 4 is 12.2 Å². The Morgan fingerprint density at radius 2 is 1.89 bits per heavy atom. The van der Waals surface area contributed by atoms with E-state index in [0.29, 0.717) is 28.1 Å². The summed E-state index contributed by atoms with van der Waals surface area (Å²) >= 11 is 5.15. The summed E-state index contributed by atoms with van der Waals surface area (Å²) in [7, 11) is 0. The van der Waals surface area contributed by atoms with Gasteiger partial charge >= 0.3 is 0 Å². The largest absolute Gasteiger partial charge is 0.343 e. The summed E-state index contributed by atoms with van der Waals surface area (Å²) in [5, 5.41) is 0. The first-order chi connectivity index (χ1) is 9.04. The van der Waals surface area contributed by atoms with Crippen LogP contribution in [0.3, 0.4) is 0 Å². The van der Waals surface area contributed by atoms with Crippen LogP contribution in [0.25, 0.3) is 11.3 Å². The lowest BCUT2D eigenvalue weighted by Crippen LogP contribution is -2.03. The van der Waals surface area contributed by atoms with Gasteiger partial charge in [-0.1, -0.05) is 25.2 Å². The van der Waals surface area contributed by atoms with E-state index in [-0.39, 0.29) is 5.56 Å². The van der Waals surface area contributed by atoms with Gasteiger partial charge in [0.2, 0.25) is 0 Å². The molecule has 2 rings (SSSR count). The molecule has 100 valence electrons. The first kappa shape index (κ1) is 13.8. The fourth-order valence-electron chi connectivity index (χ4n) is 1.92. The molecule has 1 heterocycles. The number of hydrogen-bond donors (Lipinski definition) is 1. The van der Waals surface area contributed by atoms with Crippen LogP contribution in [0.2, 0.25) is 0 Å². The molecule has 0 spiro atoms. The van der Waals surface area contributed by atoms with Gasteiger partial charge in [-0.3, -0.25) is 0 Å². The van der Waals surface area contributed by atoms with Gasteiger partial charge in [-0.2, -0.15) is 0 Å². The Morgan fingerprint density at radius 3 is 2.47 bits per heavy atom. The van der Waals surface area contributed by atoms with E-state index in [2.05, 4.69) is 9.97 Å². The van der Waals surface area contributed by atoms with Crippen LogP contribution in [0.5, 0.6) is 0 Å². The Bertz CT molecular complexity index is 645. The summed E-state index contributed by atoms with van der Waals surface area (Å²) in [5.74, 6) is -0.569. The molecule has 0 fully saturated rings. The lowest BCUT2D eigenvalue weighted by Gasteiger charge is -2.11. The minimum Gasteiger partial charge on any atom is -0.343 e. The Balaban J connectivity index is 2.71. The maximum absolute atomic E-state index is 13.9. The molecule has 2 nitrogen and oxygen atoms in total. The fourth-order valence-corrected chi connectivity index (χ4v) is 2.13. The zero-order valence-electron chi connectivity index (χ0n) is 10.8. The molecule has 0 saturated carbocycles. The zero-order chi connectivity index (χ0) is 14.0. The number of hydrogen-bond acceptors (Lipinski definition) is 2. The van der Waals surface area contributed by atoms with Crippen LogP contribution in [0.4, 0.5) is 8.78 Å². The minimum atomic E-state index is -0.609. The number of H-pyrrole nitrogens is 1. The number of aryl methyl sites for hydroxylation is 1. The number of aromatic amines is 1. The van der Waals surface area contributed by atoms with Crippen molar-refractivity contribution in [2.24, 2.45) is 0 Å². The topological polar surface area (TPSA) is 28.7 Å². The Morgan fingerprint density at radius 1 is 1.26 bits per heavy atom. The molecule has 2 aromatic rings. The van der Waals surface area contributed by atoms with Gasteiger partial charge in [0.15, 0.2) is 0 Å². The van der Waals surface area contributed by atoms with Gasteiger partial charge in [-0.05, 0) is 25.5 Å². The van der Waals surface area contributed by atoms with Crippen LogP contribution in [0.15, 0.2) is 18.2 Å². The van der Waals surface area contributed by atoms with Crippen molar-refractivity contribution in [3.63, 3.8) is 0 Å². The minimum absolute atomic E-state index is 0.0779. The molecule has 0 unspecified atom stereocenters. The maximum atomic E-state index is 13.9. The second-order valence-corrected chi connectivity index (χ2v) is 4.72. The summed E-state index contributed by atoms with van der Waals surface area (Å²) in [6.07, 6.45) is 1.56. The number of halogens is 2. The highest BCUT2D eigenvalue weighted by molar-refractivity contribution is 7.71. The molecule has 0 aliphatic heterocycles. The normalized spacial score (nSPS) is 10.7. The quantitative estimate of drug-likeness (QED) is 0.847. The van der Waals surface area contributed by atoms with E-state index >= 15 is 0 Å². The van der Waals surface area contributed by atoms with E-state index in [1.165, 1.54) is 18.2 Å². The van der Waals surface area contributed by atoms with E-state index in [1.807, 2.05) is 6.92 Å². The summed E-state index contributed by atoms with van der Waals surface area (Å²) in [4.78, 5) is 7.22. The average molecular weight is 280 g/mol. The van der Waals surface area contributed by atoms with E-state index in [9.17, 15) is 8.78 Å². The summed E-state index contributed by atoms with van der Waals surface area (Å²) in [6, 6.07) is 3.80. The highest BCUT2D eigenvalue weighted by Gasteiger charge is 2.15. The van der Waals surface area contributed by atoms with E-state index in [0.717, 1.165) is 6.42 Å². The van der Waals surface area contributed by atoms with Gasteiger partial charge in [0, 0.05) is 12.0 Å². The van der Waals surface area contributed by atoms with Crippen LogP contribution in [0.1, 0.15) is 24.7 Å². The predicted octanol–water partition coefficient (Wildman–Crippen LogP) is 4.35. The van der Waals surface area contributed by atoms with Gasteiger partial charge in [0.05, 0.1) is 11.3 Å². The first-order valence-electron chi connectivity index (χ1n) is 6.08. The molecule has 0 amide bonds. The highest BCUT2D eigenvalue weighted by Crippen LogP contribution is 2.27. The lowest BCUT2D eigenvalue weighted by molar-refractivity contribution is 0.588. The van der Waals surface area contributed by atoms with Gasteiger partial charge in [-0.25, -0.2) is 13.8 Å². The van der Waals surface area contributed by atoms with Crippen molar-refractivity contribution in [2.45, 2.75) is 26.7 Å². The van der Waals surface area contributed by atoms with E-state index < -0.39 is 11.6 Å².